The summed E-state index contributed by atoms with van der Waals surface area (Å²) in [6, 6.07) is 10.5. The molecule has 27 heavy (non-hydrogen) atoms. The van der Waals surface area contributed by atoms with Gasteiger partial charge in [-0.25, -0.2) is 4.99 Å². The van der Waals surface area contributed by atoms with Crippen molar-refractivity contribution in [3.63, 3.8) is 0 Å². The summed E-state index contributed by atoms with van der Waals surface area (Å²) in [5.41, 5.74) is 0. The molecule has 1 unspecified atom stereocenters. The molecule has 2 N–H and O–H groups in total. The number of piperidine rings is 1. The predicted octanol–water partition coefficient (Wildman–Crippen LogP) is 3.89. The number of hydrogen-bond donors (Lipinski definition) is 2. The second-order valence-corrected chi connectivity index (χ2v) is 6.94. The first-order valence-corrected chi connectivity index (χ1v) is 10.2. The molecule has 1 aromatic rings. The van der Waals surface area contributed by atoms with Crippen LogP contribution in [0.1, 0.15) is 46.5 Å². The molecule has 1 heterocycles. The number of hydrogen-bond acceptors (Lipinski definition) is 3. The number of guanidine groups is 1. The number of nitrogens with one attached hydrogen (secondary N) is 2. The van der Waals surface area contributed by atoms with Crippen molar-refractivity contribution in [2.45, 2.75) is 58.6 Å². The Hall–Kier alpha value is -1.02. The van der Waals surface area contributed by atoms with Crippen molar-refractivity contribution in [1.82, 2.24) is 15.5 Å². The normalized spacial score (nSPS) is 17.1. The maximum atomic E-state index is 6.05. The first-order chi connectivity index (χ1) is 12.7. The maximum Gasteiger partial charge on any atom is 0.191 e. The highest BCUT2D eigenvalue weighted by molar-refractivity contribution is 14.0. The number of likely N-dealkylation sites (tertiary alicyclic amines) is 1. The first-order valence-electron chi connectivity index (χ1n) is 10.2. The van der Waals surface area contributed by atoms with Gasteiger partial charge in [-0.1, -0.05) is 32.0 Å². The molecule has 0 amide bonds. The molecule has 154 valence electrons. The zero-order valence-corrected chi connectivity index (χ0v) is 19.4. The van der Waals surface area contributed by atoms with E-state index >= 15 is 0 Å². The summed E-state index contributed by atoms with van der Waals surface area (Å²) in [7, 11) is 0. The summed E-state index contributed by atoms with van der Waals surface area (Å²) >= 11 is 0. The lowest BCUT2D eigenvalue weighted by molar-refractivity contribution is 0.203. The molecule has 1 fully saturated rings. The number of halogens is 1. The van der Waals surface area contributed by atoms with Crippen molar-refractivity contribution in [2.24, 2.45) is 4.99 Å². The fourth-order valence-corrected chi connectivity index (χ4v) is 3.26. The Labute approximate surface area is 182 Å². The minimum absolute atomic E-state index is 0. The smallest absolute Gasteiger partial charge is 0.191 e. The third-order valence-electron chi connectivity index (χ3n) is 4.77. The molecule has 1 aliphatic heterocycles. The van der Waals surface area contributed by atoms with E-state index in [9.17, 15) is 0 Å². The highest BCUT2D eigenvalue weighted by Crippen LogP contribution is 2.13. The van der Waals surface area contributed by atoms with Crippen LogP contribution < -0.4 is 15.4 Å². The SMILES string of the molecule is CCCN1CCC(NC(=NCC(CC)Oc2ccccc2)NCC)CC1.I. The molecule has 2 rings (SSSR count). The Balaban J connectivity index is 0.00000364. The number of ether oxygens (including phenoxy) is 1. The van der Waals surface area contributed by atoms with Crippen LogP contribution in [0.2, 0.25) is 0 Å². The number of nitrogens with zero attached hydrogens (tertiary/aromatic N) is 2. The van der Waals surface area contributed by atoms with Crippen LogP contribution in [0.25, 0.3) is 0 Å². The highest BCUT2D eigenvalue weighted by Gasteiger charge is 2.19. The molecule has 0 radical (unpaired) electrons. The third-order valence-corrected chi connectivity index (χ3v) is 4.77. The monoisotopic (exact) mass is 488 g/mol. The van der Waals surface area contributed by atoms with Crippen LogP contribution in [0, 0.1) is 0 Å². The fraction of sp³-hybridized carbons (Fsp3) is 0.667. The number of para-hydroxylation sites is 1. The van der Waals surface area contributed by atoms with Crippen molar-refractivity contribution in [3.8, 4) is 5.75 Å². The number of rotatable bonds is 9. The van der Waals surface area contributed by atoms with Gasteiger partial charge < -0.3 is 20.3 Å². The van der Waals surface area contributed by atoms with Gasteiger partial charge in [0.1, 0.15) is 11.9 Å². The second-order valence-electron chi connectivity index (χ2n) is 6.94. The van der Waals surface area contributed by atoms with Gasteiger partial charge in [-0.15, -0.1) is 24.0 Å². The molecule has 0 aromatic heterocycles. The van der Waals surface area contributed by atoms with Gasteiger partial charge in [-0.3, -0.25) is 0 Å². The molecule has 6 heteroatoms. The molecular formula is C21H37IN4O. The van der Waals surface area contributed by atoms with Gasteiger partial charge >= 0.3 is 0 Å². The molecule has 0 saturated carbocycles. The largest absolute Gasteiger partial charge is 0.489 e. The highest BCUT2D eigenvalue weighted by atomic mass is 127. The minimum atomic E-state index is 0. The van der Waals surface area contributed by atoms with Crippen LogP contribution in [0.3, 0.4) is 0 Å². The fourth-order valence-electron chi connectivity index (χ4n) is 3.26. The molecule has 0 aliphatic carbocycles. The molecule has 0 bridgehead atoms. The standard InChI is InChI=1S/C21H36N4O.HI/c1-4-14-25-15-12-18(13-16-25)24-21(22-6-3)23-17-19(5-2)26-20-10-8-7-9-11-20;/h7-11,18-19H,4-6,12-17H2,1-3H3,(H2,22,23,24);1H. The van der Waals surface area contributed by atoms with Gasteiger partial charge in [0.2, 0.25) is 0 Å². The summed E-state index contributed by atoms with van der Waals surface area (Å²) in [4.78, 5) is 7.34. The van der Waals surface area contributed by atoms with Gasteiger partial charge in [-0.05, 0) is 51.3 Å². The summed E-state index contributed by atoms with van der Waals surface area (Å²) < 4.78 is 6.05. The van der Waals surface area contributed by atoms with Gasteiger partial charge in [0.15, 0.2) is 5.96 Å². The Bertz CT molecular complexity index is 518. The van der Waals surface area contributed by atoms with Gasteiger partial charge in [-0.2, -0.15) is 0 Å². The first kappa shape index (κ1) is 24.0. The summed E-state index contributed by atoms with van der Waals surface area (Å²) in [5, 5.41) is 7.00. The van der Waals surface area contributed by atoms with Crippen molar-refractivity contribution in [3.05, 3.63) is 30.3 Å². The van der Waals surface area contributed by atoms with Gasteiger partial charge in [0.05, 0.1) is 6.54 Å². The zero-order valence-electron chi connectivity index (χ0n) is 17.1. The Morgan fingerprint density at radius 2 is 1.89 bits per heavy atom. The quantitative estimate of drug-likeness (QED) is 0.315. The molecule has 1 aliphatic rings. The van der Waals surface area contributed by atoms with Crippen molar-refractivity contribution < 1.29 is 4.74 Å². The predicted molar refractivity (Wildman–Crippen MR) is 125 cm³/mol. The second kappa shape index (κ2) is 14.0. The van der Waals surface area contributed by atoms with E-state index in [-0.39, 0.29) is 30.1 Å². The average molecular weight is 488 g/mol. The molecule has 1 aromatic carbocycles. The van der Waals surface area contributed by atoms with E-state index < -0.39 is 0 Å². The summed E-state index contributed by atoms with van der Waals surface area (Å²) in [6.07, 6.45) is 4.64. The van der Waals surface area contributed by atoms with E-state index in [1.165, 1.54) is 38.9 Å². The van der Waals surface area contributed by atoms with E-state index in [0.717, 1.165) is 24.7 Å². The third kappa shape index (κ3) is 9.14. The van der Waals surface area contributed by atoms with Crippen LogP contribution in [0.15, 0.2) is 35.3 Å². The lowest BCUT2D eigenvalue weighted by atomic mass is 10.1. The molecule has 1 atom stereocenters. The van der Waals surface area contributed by atoms with E-state index in [4.69, 9.17) is 9.73 Å². The molecule has 1 saturated heterocycles. The lowest BCUT2D eigenvalue weighted by Gasteiger charge is -2.32. The Morgan fingerprint density at radius 3 is 2.48 bits per heavy atom. The Morgan fingerprint density at radius 1 is 1.19 bits per heavy atom. The van der Waals surface area contributed by atoms with Crippen molar-refractivity contribution >= 4 is 29.9 Å². The number of benzene rings is 1. The van der Waals surface area contributed by atoms with Crippen LogP contribution in [0.4, 0.5) is 0 Å². The van der Waals surface area contributed by atoms with Crippen LogP contribution in [-0.4, -0.2) is 55.7 Å². The van der Waals surface area contributed by atoms with Gasteiger partial charge in [0.25, 0.3) is 0 Å². The van der Waals surface area contributed by atoms with Crippen LogP contribution in [-0.2, 0) is 0 Å². The zero-order chi connectivity index (χ0) is 18.6. The van der Waals surface area contributed by atoms with E-state index in [1.54, 1.807) is 0 Å². The van der Waals surface area contributed by atoms with Crippen LogP contribution >= 0.6 is 24.0 Å². The maximum absolute atomic E-state index is 6.05. The minimum Gasteiger partial charge on any atom is -0.489 e. The summed E-state index contributed by atoms with van der Waals surface area (Å²) in [6.45, 7) is 11.6. The molecular weight excluding hydrogens is 451 g/mol. The van der Waals surface area contributed by atoms with Gasteiger partial charge in [0, 0.05) is 25.7 Å². The van der Waals surface area contributed by atoms with Crippen molar-refractivity contribution in [2.75, 3.05) is 32.7 Å². The molecule has 0 spiro atoms. The lowest BCUT2D eigenvalue weighted by Crippen LogP contribution is -2.49. The number of aliphatic imine (C=N–C) groups is 1. The van der Waals surface area contributed by atoms with E-state index in [0.29, 0.717) is 12.6 Å². The topological polar surface area (TPSA) is 48.9 Å². The van der Waals surface area contributed by atoms with E-state index in [1.807, 2.05) is 30.3 Å². The van der Waals surface area contributed by atoms with Crippen LogP contribution in [0.5, 0.6) is 5.75 Å². The Kier molecular flexibility index (Phi) is 12.5. The molecule has 5 nitrogen and oxygen atoms in total. The average Bonchev–Trinajstić information content (AvgIpc) is 2.67. The van der Waals surface area contributed by atoms with Crippen molar-refractivity contribution in [1.29, 1.82) is 0 Å². The summed E-state index contributed by atoms with van der Waals surface area (Å²) in [5.74, 6) is 1.83. The van der Waals surface area contributed by atoms with E-state index in [2.05, 4.69) is 36.3 Å².